The number of rotatable bonds is 1. The summed E-state index contributed by atoms with van der Waals surface area (Å²) in [7, 11) is 0. The van der Waals surface area contributed by atoms with E-state index in [0.717, 1.165) is 15.6 Å². The van der Waals surface area contributed by atoms with Crippen molar-refractivity contribution in [3.05, 3.63) is 33.7 Å². The number of hydrogen-bond donors (Lipinski definition) is 0. The largest absolute Gasteiger partial charge is 0.192 e. The van der Waals surface area contributed by atoms with Gasteiger partial charge < -0.3 is 0 Å². The lowest BCUT2D eigenvalue weighted by Gasteiger charge is -2.03. The number of thiophene rings is 1. The number of hydrogen-bond acceptors (Lipinski definition) is 2. The number of alkyl halides is 1. The Morgan fingerprint density at radius 3 is 3.00 bits per heavy atom. The van der Waals surface area contributed by atoms with Crippen LogP contribution < -0.4 is 0 Å². The van der Waals surface area contributed by atoms with Gasteiger partial charge in [-0.25, -0.2) is 0 Å². The Hall–Kier alpha value is -0.560. The van der Waals surface area contributed by atoms with Gasteiger partial charge in [-0.15, -0.1) is 11.3 Å². The molecule has 0 aliphatic carbocycles. The van der Waals surface area contributed by atoms with Gasteiger partial charge in [0.25, 0.3) is 0 Å². The summed E-state index contributed by atoms with van der Waals surface area (Å²) in [6.07, 6.45) is 0. The first-order valence-corrected chi connectivity index (χ1v) is 6.30. The van der Waals surface area contributed by atoms with Crippen molar-refractivity contribution in [2.45, 2.75) is 5.33 Å². The lowest BCUT2D eigenvalue weighted by molar-refractivity contribution is 1.42. The summed E-state index contributed by atoms with van der Waals surface area (Å²) in [4.78, 5) is 0. The van der Waals surface area contributed by atoms with Crippen molar-refractivity contribution in [2.75, 3.05) is 0 Å². The third kappa shape index (κ3) is 1.44. The van der Waals surface area contributed by atoms with E-state index in [-0.39, 0.29) is 0 Å². The maximum atomic E-state index is 8.95. The highest BCUT2D eigenvalue weighted by molar-refractivity contribution is 9.08. The summed E-state index contributed by atoms with van der Waals surface area (Å²) < 4.78 is 1.10. The molecule has 0 radical (unpaired) electrons. The average Bonchev–Trinajstić information content (AvgIpc) is 2.66. The Balaban J connectivity index is 2.90. The zero-order valence-electron chi connectivity index (χ0n) is 7.05. The Morgan fingerprint density at radius 1 is 1.57 bits per heavy atom. The van der Waals surface area contributed by atoms with E-state index >= 15 is 0 Å². The Kier molecular flexibility index (Phi) is 2.78. The molecule has 0 atom stereocenters. The molecule has 2 rings (SSSR count). The van der Waals surface area contributed by atoms with Crippen molar-refractivity contribution in [1.82, 2.24) is 0 Å². The van der Waals surface area contributed by atoms with Crippen LogP contribution >= 0.6 is 38.9 Å². The van der Waals surface area contributed by atoms with Gasteiger partial charge in [0, 0.05) is 15.4 Å². The van der Waals surface area contributed by atoms with Crippen LogP contribution in [0.1, 0.15) is 11.1 Å². The molecule has 0 fully saturated rings. The summed E-state index contributed by atoms with van der Waals surface area (Å²) in [5.41, 5.74) is 1.68. The van der Waals surface area contributed by atoms with E-state index in [0.29, 0.717) is 15.9 Å². The lowest BCUT2D eigenvalue weighted by Crippen LogP contribution is -1.86. The first-order chi connectivity index (χ1) is 6.77. The zero-order chi connectivity index (χ0) is 10.1. The van der Waals surface area contributed by atoms with Crippen molar-refractivity contribution in [2.24, 2.45) is 0 Å². The molecular formula is C10H5BrClNS. The van der Waals surface area contributed by atoms with Crippen LogP contribution in [-0.2, 0) is 5.33 Å². The number of halogens is 2. The fraction of sp³-hybridized carbons (Fsp3) is 0.100. The van der Waals surface area contributed by atoms with Gasteiger partial charge in [-0.05, 0) is 23.1 Å². The molecular weight excluding hydrogens is 282 g/mol. The maximum absolute atomic E-state index is 8.95. The third-order valence-electron chi connectivity index (χ3n) is 2.05. The summed E-state index contributed by atoms with van der Waals surface area (Å²) >= 11 is 11.1. The quantitative estimate of drug-likeness (QED) is 0.716. The lowest BCUT2D eigenvalue weighted by atomic mass is 10.1. The van der Waals surface area contributed by atoms with E-state index in [1.165, 1.54) is 0 Å². The van der Waals surface area contributed by atoms with Crippen LogP contribution in [0, 0.1) is 11.3 Å². The monoisotopic (exact) mass is 285 g/mol. The van der Waals surface area contributed by atoms with Crippen LogP contribution in [-0.4, -0.2) is 0 Å². The van der Waals surface area contributed by atoms with Crippen molar-refractivity contribution >= 4 is 49.0 Å². The van der Waals surface area contributed by atoms with Crippen LogP contribution in [0.15, 0.2) is 17.5 Å². The number of benzene rings is 1. The van der Waals surface area contributed by atoms with Gasteiger partial charge in [-0.3, -0.25) is 0 Å². The molecule has 1 aromatic heterocycles. The second-order valence-electron chi connectivity index (χ2n) is 2.79. The van der Waals surface area contributed by atoms with Gasteiger partial charge in [0.2, 0.25) is 0 Å². The van der Waals surface area contributed by atoms with Crippen molar-refractivity contribution in [3.63, 3.8) is 0 Å². The normalized spacial score (nSPS) is 10.4. The predicted octanol–water partition coefficient (Wildman–Crippen LogP) is 4.32. The second-order valence-corrected chi connectivity index (χ2v) is 4.68. The standard InChI is InChI=1S/C10H5BrClNS/c11-4-8-6(5-13)3-9(12)7-1-2-14-10(7)8/h1-3H,4H2. The summed E-state index contributed by atoms with van der Waals surface area (Å²) in [6, 6.07) is 5.87. The van der Waals surface area contributed by atoms with Crippen LogP contribution in [0.2, 0.25) is 5.02 Å². The molecule has 0 aliphatic rings. The van der Waals surface area contributed by atoms with Gasteiger partial charge in [0.1, 0.15) is 0 Å². The van der Waals surface area contributed by atoms with Crippen LogP contribution in [0.4, 0.5) is 0 Å². The molecule has 4 heteroatoms. The van der Waals surface area contributed by atoms with Gasteiger partial charge in [-0.1, -0.05) is 27.5 Å². The van der Waals surface area contributed by atoms with Crippen molar-refractivity contribution in [1.29, 1.82) is 5.26 Å². The predicted molar refractivity (Wildman–Crippen MR) is 64.2 cm³/mol. The molecule has 0 saturated carbocycles. The number of nitriles is 1. The van der Waals surface area contributed by atoms with Gasteiger partial charge >= 0.3 is 0 Å². The molecule has 14 heavy (non-hydrogen) atoms. The van der Waals surface area contributed by atoms with E-state index in [1.807, 2.05) is 11.4 Å². The maximum Gasteiger partial charge on any atom is 0.0995 e. The fourth-order valence-electron chi connectivity index (χ4n) is 1.38. The Bertz CT molecular complexity index is 527. The zero-order valence-corrected chi connectivity index (χ0v) is 10.2. The highest BCUT2D eigenvalue weighted by atomic mass is 79.9. The SMILES string of the molecule is N#Cc1cc(Cl)c2ccsc2c1CBr. The van der Waals surface area contributed by atoms with Gasteiger partial charge in [0.05, 0.1) is 16.7 Å². The van der Waals surface area contributed by atoms with Crippen molar-refractivity contribution < 1.29 is 0 Å². The summed E-state index contributed by atoms with van der Waals surface area (Å²) in [5, 5.41) is 13.3. The molecule has 0 unspecified atom stereocenters. The first kappa shape index (κ1) is 9.97. The topological polar surface area (TPSA) is 23.8 Å². The van der Waals surface area contributed by atoms with Crippen molar-refractivity contribution in [3.8, 4) is 6.07 Å². The van der Waals surface area contributed by atoms with E-state index in [1.54, 1.807) is 17.4 Å². The van der Waals surface area contributed by atoms with E-state index in [2.05, 4.69) is 22.0 Å². The molecule has 0 N–H and O–H groups in total. The Labute approximate surface area is 99.0 Å². The fourth-order valence-corrected chi connectivity index (χ4v) is 3.44. The molecule has 0 saturated heterocycles. The molecule has 0 amide bonds. The Morgan fingerprint density at radius 2 is 2.36 bits per heavy atom. The highest BCUT2D eigenvalue weighted by Gasteiger charge is 2.10. The van der Waals surface area contributed by atoms with Crippen LogP contribution in [0.25, 0.3) is 10.1 Å². The minimum Gasteiger partial charge on any atom is -0.192 e. The second kappa shape index (κ2) is 3.90. The molecule has 0 bridgehead atoms. The van der Waals surface area contributed by atoms with Gasteiger partial charge in [0.15, 0.2) is 0 Å². The van der Waals surface area contributed by atoms with Crippen LogP contribution in [0.5, 0.6) is 0 Å². The molecule has 70 valence electrons. The number of fused-ring (bicyclic) bond motifs is 1. The molecule has 0 aliphatic heterocycles. The molecule has 0 spiro atoms. The average molecular weight is 287 g/mol. The van der Waals surface area contributed by atoms with Gasteiger partial charge in [-0.2, -0.15) is 5.26 Å². The molecule has 2 aromatic rings. The minimum absolute atomic E-state index is 0.654. The minimum atomic E-state index is 0.654. The highest BCUT2D eigenvalue weighted by Crippen LogP contribution is 2.34. The van der Waals surface area contributed by atoms with E-state index < -0.39 is 0 Å². The molecule has 1 nitrogen and oxygen atoms in total. The molecule has 1 heterocycles. The van der Waals surface area contributed by atoms with E-state index in [9.17, 15) is 0 Å². The smallest absolute Gasteiger partial charge is 0.0995 e. The molecule has 1 aromatic carbocycles. The number of nitrogens with zero attached hydrogens (tertiary/aromatic N) is 1. The summed E-state index contributed by atoms with van der Waals surface area (Å²) in [5.74, 6) is 0. The van der Waals surface area contributed by atoms with E-state index in [4.69, 9.17) is 16.9 Å². The first-order valence-electron chi connectivity index (χ1n) is 3.92. The third-order valence-corrected chi connectivity index (χ3v) is 3.89. The summed E-state index contributed by atoms with van der Waals surface area (Å²) in [6.45, 7) is 0. The van der Waals surface area contributed by atoms with Crippen LogP contribution in [0.3, 0.4) is 0 Å².